The van der Waals surface area contributed by atoms with Gasteiger partial charge in [0, 0.05) is 37.0 Å². The van der Waals surface area contributed by atoms with Gasteiger partial charge in [0.2, 0.25) is 17.7 Å². The van der Waals surface area contributed by atoms with Gasteiger partial charge in [0.1, 0.15) is 18.1 Å². The maximum Gasteiger partial charge on any atom is 0.334 e. The monoisotopic (exact) mass is 981 g/mol. The highest BCUT2D eigenvalue weighted by molar-refractivity contribution is 7.98. The number of hydrogen-bond donors (Lipinski definition) is 3. The highest BCUT2D eigenvalue weighted by Crippen LogP contribution is 2.40. The minimum atomic E-state index is -2.17. The lowest BCUT2D eigenvalue weighted by Crippen LogP contribution is -2.56. The third kappa shape index (κ3) is 19.1. The van der Waals surface area contributed by atoms with Gasteiger partial charge in [-0.2, -0.15) is 0 Å². The van der Waals surface area contributed by atoms with Crippen molar-refractivity contribution in [3.05, 3.63) is 58.1 Å². The first kappa shape index (κ1) is 60.3. The molecule has 0 heterocycles. The summed E-state index contributed by atoms with van der Waals surface area (Å²) in [5, 5.41) is 15.4. The number of aliphatic carboxylic acids is 1. The Morgan fingerprint density at radius 2 is 1.55 bits per heavy atom. The minimum absolute atomic E-state index is 0.00394. The Labute approximate surface area is 405 Å². The second-order valence-corrected chi connectivity index (χ2v) is 25.4. The molecule has 4 amide bonds. The lowest BCUT2D eigenvalue weighted by Gasteiger charge is -2.42. The molecule has 8 atom stereocenters. The molecule has 0 spiro atoms. The largest absolute Gasteiger partial charge is 0.480 e. The predicted molar refractivity (Wildman–Crippen MR) is 268 cm³/mol. The first-order valence-corrected chi connectivity index (χ1v) is 27.6. The fraction of sp³-hybridized carbons (Fsp3) is 0.673. The average Bonchev–Trinajstić information content (AvgIpc) is 3.24. The molecule has 66 heavy (non-hydrogen) atoms. The van der Waals surface area contributed by atoms with Crippen molar-refractivity contribution in [3.8, 4) is 0 Å². The molecule has 14 nitrogen and oxygen atoms in total. The Kier molecular flexibility index (Phi) is 25.5. The van der Waals surface area contributed by atoms with Gasteiger partial charge in [0.15, 0.2) is 14.4 Å². The van der Waals surface area contributed by atoms with Gasteiger partial charge in [-0.15, -0.1) is 11.8 Å². The number of esters is 1. The van der Waals surface area contributed by atoms with Crippen LogP contribution in [-0.4, -0.2) is 128 Å². The van der Waals surface area contributed by atoms with E-state index in [2.05, 4.69) is 64.4 Å². The number of rotatable bonds is 27. The standard InChI is InChI=1S/C49H81ClN4O10SSi/c1-18-31(5)42(47(59)60)52-41(55)28-53(13)46(58)38(27-36-21-23-37(50)24-22-36)54(14)45(57)35(9)51-44(56)40(26-30(3)4)63-48(61)33(7)20-25-39(62-29-65-15)34(8)43(32(6)19-2)64-66(16,17)49(10,11)12/h19-24,30-31,34-35,38-40,42-43H,18,25-29H2,1-17H3,(H,51,56)(H,52,55)(H,59,60)/b32-19+,33-20+/t31-,34+,35+,38-,39+,40-,42+,43-/m1/s1. The highest BCUT2D eigenvalue weighted by Gasteiger charge is 2.42. The van der Waals surface area contributed by atoms with E-state index in [1.54, 1.807) is 56.0 Å². The number of nitrogens with zero attached hydrogens (tertiary/aromatic N) is 2. The van der Waals surface area contributed by atoms with Crippen molar-refractivity contribution in [2.24, 2.45) is 17.8 Å². The van der Waals surface area contributed by atoms with Crippen molar-refractivity contribution in [2.75, 3.05) is 32.8 Å². The number of likely N-dealkylation sites (N-methyl/N-ethyl adjacent to an activating group) is 2. The van der Waals surface area contributed by atoms with Crippen molar-refractivity contribution in [1.82, 2.24) is 20.4 Å². The van der Waals surface area contributed by atoms with Crippen LogP contribution in [0.1, 0.15) is 108 Å². The van der Waals surface area contributed by atoms with Gasteiger partial charge in [0.25, 0.3) is 5.91 Å². The number of benzene rings is 1. The second kappa shape index (κ2) is 27.9. The van der Waals surface area contributed by atoms with Crippen LogP contribution in [0, 0.1) is 17.8 Å². The van der Waals surface area contributed by atoms with E-state index in [-0.39, 0.29) is 47.8 Å². The molecular formula is C49H81ClN4O10SSi. The molecule has 0 unspecified atom stereocenters. The van der Waals surface area contributed by atoms with Crippen LogP contribution in [0.3, 0.4) is 0 Å². The third-order valence-electron chi connectivity index (χ3n) is 12.5. The number of allylic oxidation sites excluding steroid dienone is 1. The van der Waals surface area contributed by atoms with E-state index in [0.717, 1.165) is 10.5 Å². The quantitative estimate of drug-likeness (QED) is 0.0254. The van der Waals surface area contributed by atoms with Gasteiger partial charge in [0.05, 0.1) is 24.7 Å². The van der Waals surface area contributed by atoms with Crippen LogP contribution in [0.5, 0.6) is 0 Å². The molecule has 1 aromatic rings. The van der Waals surface area contributed by atoms with Crippen LogP contribution in [0.2, 0.25) is 23.2 Å². The number of carboxylic acids is 1. The summed E-state index contributed by atoms with van der Waals surface area (Å²) in [6.45, 7) is 27.2. The Bertz CT molecular complexity index is 1840. The molecule has 1 rings (SSSR count). The van der Waals surface area contributed by atoms with E-state index >= 15 is 0 Å². The van der Waals surface area contributed by atoms with E-state index < -0.39 is 74.7 Å². The molecule has 0 bridgehead atoms. The molecule has 3 N–H and O–H groups in total. The molecule has 0 radical (unpaired) electrons. The van der Waals surface area contributed by atoms with Crippen molar-refractivity contribution in [3.63, 3.8) is 0 Å². The maximum absolute atomic E-state index is 14.1. The Morgan fingerprint density at radius 1 is 0.955 bits per heavy atom. The van der Waals surface area contributed by atoms with Gasteiger partial charge in [-0.25, -0.2) is 9.59 Å². The zero-order valence-corrected chi connectivity index (χ0v) is 45.3. The molecule has 374 valence electrons. The van der Waals surface area contributed by atoms with Gasteiger partial charge in [-0.05, 0) is 100 Å². The van der Waals surface area contributed by atoms with Crippen LogP contribution in [0.25, 0.3) is 0 Å². The first-order chi connectivity index (χ1) is 30.5. The fourth-order valence-electron chi connectivity index (χ4n) is 6.80. The summed E-state index contributed by atoms with van der Waals surface area (Å²) in [5.41, 5.74) is 2.08. The number of nitrogens with one attached hydrogen (secondary N) is 2. The van der Waals surface area contributed by atoms with Gasteiger partial charge >= 0.3 is 11.9 Å². The summed E-state index contributed by atoms with van der Waals surface area (Å²) in [6, 6.07) is 3.29. The summed E-state index contributed by atoms with van der Waals surface area (Å²) >= 11 is 7.68. The highest BCUT2D eigenvalue weighted by atomic mass is 35.5. The fourth-order valence-corrected chi connectivity index (χ4v) is 8.63. The molecule has 0 aliphatic rings. The topological polar surface area (TPSA) is 181 Å². The minimum Gasteiger partial charge on any atom is -0.480 e. The van der Waals surface area contributed by atoms with E-state index in [0.29, 0.717) is 34.9 Å². The number of carbonyl (C=O) groups is 6. The number of carbonyl (C=O) groups excluding carboxylic acids is 5. The summed E-state index contributed by atoms with van der Waals surface area (Å²) in [5.74, 6) is -4.45. The Morgan fingerprint density at radius 3 is 2.05 bits per heavy atom. The van der Waals surface area contributed by atoms with Gasteiger partial charge in [-0.3, -0.25) is 19.2 Å². The van der Waals surface area contributed by atoms with Gasteiger partial charge in [-0.1, -0.05) is 97.7 Å². The normalized spacial score (nSPS) is 16.2. The smallest absolute Gasteiger partial charge is 0.334 e. The van der Waals surface area contributed by atoms with E-state index in [9.17, 15) is 33.9 Å². The third-order valence-corrected chi connectivity index (χ3v) is 17.6. The predicted octanol–water partition coefficient (Wildman–Crippen LogP) is 8.28. The first-order valence-electron chi connectivity index (χ1n) is 22.9. The van der Waals surface area contributed by atoms with E-state index in [1.165, 1.54) is 25.9 Å². The van der Waals surface area contributed by atoms with Crippen LogP contribution < -0.4 is 10.6 Å². The maximum atomic E-state index is 14.1. The molecule has 1 aromatic carbocycles. The van der Waals surface area contributed by atoms with Crippen molar-refractivity contribution in [1.29, 1.82) is 0 Å². The van der Waals surface area contributed by atoms with Crippen LogP contribution in [-0.2, 0) is 49.1 Å². The Hall–Kier alpha value is -3.70. The number of halogens is 1. The van der Waals surface area contributed by atoms with E-state index in [1.807, 2.05) is 34.0 Å². The second-order valence-electron chi connectivity index (χ2n) is 19.4. The van der Waals surface area contributed by atoms with Crippen LogP contribution in [0.4, 0.5) is 0 Å². The zero-order chi connectivity index (χ0) is 50.9. The van der Waals surface area contributed by atoms with Crippen molar-refractivity contribution < 1.29 is 47.8 Å². The molecule has 0 aliphatic carbocycles. The lowest BCUT2D eigenvalue weighted by molar-refractivity contribution is -0.154. The number of hydrogen-bond acceptors (Lipinski definition) is 10. The number of ether oxygens (including phenoxy) is 2. The molecule has 17 heteroatoms. The lowest BCUT2D eigenvalue weighted by atomic mass is 9.90. The molecule has 0 fully saturated rings. The molecule has 0 saturated heterocycles. The summed E-state index contributed by atoms with van der Waals surface area (Å²) in [6.07, 6.45) is 5.20. The number of carboxylic acid groups (broad SMARTS) is 1. The Balaban J connectivity index is 3.34. The summed E-state index contributed by atoms with van der Waals surface area (Å²) < 4.78 is 19.2. The van der Waals surface area contributed by atoms with Gasteiger partial charge < -0.3 is 39.4 Å². The van der Waals surface area contributed by atoms with Crippen LogP contribution >= 0.6 is 23.4 Å². The van der Waals surface area contributed by atoms with Crippen molar-refractivity contribution in [2.45, 2.75) is 163 Å². The molecular weight excluding hydrogens is 900 g/mol. The number of amides is 4. The van der Waals surface area contributed by atoms with E-state index in [4.69, 9.17) is 25.5 Å². The summed E-state index contributed by atoms with van der Waals surface area (Å²) in [7, 11) is 0.653. The van der Waals surface area contributed by atoms with Crippen LogP contribution in [0.15, 0.2) is 47.6 Å². The van der Waals surface area contributed by atoms with Crippen molar-refractivity contribution >= 4 is 67.2 Å². The molecule has 0 saturated carbocycles. The number of thioether (sulfide) groups is 1. The molecule has 0 aliphatic heterocycles. The SMILES string of the molecule is C/C=C(\C)[C@@H](O[Si](C)(C)C(C)(C)C)[C@@H](C)[C@H](C/C=C(\C)C(=O)O[C@H](CC(C)C)C(=O)N[C@@H](C)C(=O)N(C)[C@H](Cc1ccc(Cl)cc1)C(=O)N(C)CC(=O)N[C@H](C(=O)O)[C@H](C)CC)OCSC. The summed E-state index contributed by atoms with van der Waals surface area (Å²) in [4.78, 5) is 82.9. The average molecular weight is 982 g/mol. The molecule has 0 aromatic heterocycles. The zero-order valence-electron chi connectivity index (χ0n) is 42.7.